The third kappa shape index (κ3) is 2.60. The van der Waals surface area contributed by atoms with Crippen LogP contribution in [0.25, 0.3) is 11.1 Å². The molecule has 0 atom stereocenters. The molecule has 0 saturated heterocycles. The third-order valence-corrected chi connectivity index (χ3v) is 2.98. The number of methoxy groups -OCH3 is 1. The molecule has 3 heteroatoms. The molecular weight excluding hydrogens is 234 g/mol. The summed E-state index contributed by atoms with van der Waals surface area (Å²) in [6.45, 7) is 0.503. The SMILES string of the molecule is COc1ccc(-c2ccc(CN)cc2Cl)cc1. The molecule has 0 aliphatic carbocycles. The number of nitrogens with two attached hydrogens (primary N) is 1. The van der Waals surface area contributed by atoms with Gasteiger partial charge in [0.25, 0.3) is 0 Å². The first-order chi connectivity index (χ1) is 8.24. The van der Waals surface area contributed by atoms with E-state index < -0.39 is 0 Å². The second-order valence-corrected chi connectivity index (χ2v) is 4.15. The van der Waals surface area contributed by atoms with Crippen LogP contribution >= 0.6 is 11.6 Å². The summed E-state index contributed by atoms with van der Waals surface area (Å²) >= 11 is 6.23. The van der Waals surface area contributed by atoms with Crippen molar-refractivity contribution >= 4 is 11.6 Å². The molecule has 0 bridgehead atoms. The van der Waals surface area contributed by atoms with Crippen molar-refractivity contribution in [2.45, 2.75) is 6.54 Å². The largest absolute Gasteiger partial charge is 0.497 e. The number of benzene rings is 2. The van der Waals surface area contributed by atoms with Crippen molar-refractivity contribution < 1.29 is 4.74 Å². The smallest absolute Gasteiger partial charge is 0.118 e. The lowest BCUT2D eigenvalue weighted by Crippen LogP contribution is -1.95. The first kappa shape index (κ1) is 12.0. The van der Waals surface area contributed by atoms with Crippen molar-refractivity contribution in [3.8, 4) is 16.9 Å². The highest BCUT2D eigenvalue weighted by atomic mass is 35.5. The molecule has 0 aromatic heterocycles. The van der Waals surface area contributed by atoms with Crippen LogP contribution in [0.1, 0.15) is 5.56 Å². The van der Waals surface area contributed by atoms with Gasteiger partial charge in [-0.15, -0.1) is 0 Å². The molecule has 0 heterocycles. The van der Waals surface area contributed by atoms with Gasteiger partial charge in [-0.05, 0) is 29.3 Å². The summed E-state index contributed by atoms with van der Waals surface area (Å²) in [6.07, 6.45) is 0. The highest BCUT2D eigenvalue weighted by Crippen LogP contribution is 2.29. The summed E-state index contributed by atoms with van der Waals surface area (Å²) in [5.41, 5.74) is 8.68. The van der Waals surface area contributed by atoms with Gasteiger partial charge in [-0.25, -0.2) is 0 Å². The number of hydrogen-bond acceptors (Lipinski definition) is 2. The van der Waals surface area contributed by atoms with Gasteiger partial charge in [-0.3, -0.25) is 0 Å². The molecule has 2 nitrogen and oxygen atoms in total. The third-order valence-electron chi connectivity index (χ3n) is 2.67. The molecule has 88 valence electrons. The zero-order chi connectivity index (χ0) is 12.3. The Labute approximate surface area is 106 Å². The van der Waals surface area contributed by atoms with E-state index in [4.69, 9.17) is 22.1 Å². The molecule has 0 amide bonds. The minimum atomic E-state index is 0.503. The standard InChI is InChI=1S/C14H14ClNO/c1-17-12-5-3-11(4-6-12)13-7-2-10(9-16)8-14(13)15/h2-8H,9,16H2,1H3. The number of halogens is 1. The minimum Gasteiger partial charge on any atom is -0.497 e. The van der Waals surface area contributed by atoms with E-state index in [0.717, 1.165) is 27.5 Å². The van der Waals surface area contributed by atoms with Gasteiger partial charge in [0.2, 0.25) is 0 Å². The van der Waals surface area contributed by atoms with E-state index in [1.165, 1.54) is 0 Å². The van der Waals surface area contributed by atoms with Crippen LogP contribution in [0, 0.1) is 0 Å². The van der Waals surface area contributed by atoms with Crippen LogP contribution in [0.2, 0.25) is 5.02 Å². The second kappa shape index (κ2) is 5.21. The fourth-order valence-corrected chi connectivity index (χ4v) is 2.00. The van der Waals surface area contributed by atoms with Crippen molar-refractivity contribution in [1.82, 2.24) is 0 Å². The average Bonchev–Trinajstić information content (AvgIpc) is 2.39. The van der Waals surface area contributed by atoms with Crippen LogP contribution in [-0.4, -0.2) is 7.11 Å². The average molecular weight is 248 g/mol. The minimum absolute atomic E-state index is 0.503. The predicted octanol–water partition coefficient (Wildman–Crippen LogP) is 3.47. The zero-order valence-electron chi connectivity index (χ0n) is 9.61. The summed E-state index contributed by atoms with van der Waals surface area (Å²) in [7, 11) is 1.65. The van der Waals surface area contributed by atoms with Gasteiger partial charge in [0.15, 0.2) is 0 Å². The van der Waals surface area contributed by atoms with E-state index in [1.807, 2.05) is 42.5 Å². The van der Waals surface area contributed by atoms with Gasteiger partial charge in [0.05, 0.1) is 7.11 Å². The maximum Gasteiger partial charge on any atom is 0.118 e. The summed E-state index contributed by atoms with van der Waals surface area (Å²) in [6, 6.07) is 13.7. The molecule has 2 N–H and O–H groups in total. The first-order valence-electron chi connectivity index (χ1n) is 5.37. The van der Waals surface area contributed by atoms with Crippen molar-refractivity contribution in [3.05, 3.63) is 53.1 Å². The normalized spacial score (nSPS) is 10.3. The molecule has 0 saturated carbocycles. The quantitative estimate of drug-likeness (QED) is 0.901. The molecule has 2 aromatic rings. The Hall–Kier alpha value is -1.51. The molecule has 17 heavy (non-hydrogen) atoms. The van der Waals surface area contributed by atoms with E-state index in [0.29, 0.717) is 6.54 Å². The second-order valence-electron chi connectivity index (χ2n) is 3.75. The van der Waals surface area contributed by atoms with Gasteiger partial charge in [0, 0.05) is 17.1 Å². The maximum atomic E-state index is 6.23. The summed E-state index contributed by atoms with van der Waals surface area (Å²) in [4.78, 5) is 0. The van der Waals surface area contributed by atoms with E-state index in [-0.39, 0.29) is 0 Å². The Kier molecular flexibility index (Phi) is 3.67. The molecule has 0 aliphatic rings. The molecule has 0 aliphatic heterocycles. The van der Waals surface area contributed by atoms with Gasteiger partial charge in [0.1, 0.15) is 5.75 Å². The zero-order valence-corrected chi connectivity index (χ0v) is 10.4. The Morgan fingerprint density at radius 2 is 1.82 bits per heavy atom. The summed E-state index contributed by atoms with van der Waals surface area (Å²) in [5, 5.41) is 0.720. The van der Waals surface area contributed by atoms with Crippen molar-refractivity contribution in [3.63, 3.8) is 0 Å². The van der Waals surface area contributed by atoms with Crippen LogP contribution in [0.4, 0.5) is 0 Å². The molecular formula is C14H14ClNO. The number of rotatable bonds is 3. The Morgan fingerprint density at radius 1 is 1.12 bits per heavy atom. The highest BCUT2D eigenvalue weighted by Gasteiger charge is 2.04. The first-order valence-corrected chi connectivity index (χ1v) is 5.75. The maximum absolute atomic E-state index is 6.23. The fraction of sp³-hybridized carbons (Fsp3) is 0.143. The predicted molar refractivity (Wildman–Crippen MR) is 71.3 cm³/mol. The molecule has 0 unspecified atom stereocenters. The van der Waals surface area contributed by atoms with E-state index in [2.05, 4.69) is 0 Å². The lowest BCUT2D eigenvalue weighted by molar-refractivity contribution is 0.415. The van der Waals surface area contributed by atoms with Crippen LogP contribution in [0.5, 0.6) is 5.75 Å². The lowest BCUT2D eigenvalue weighted by atomic mass is 10.0. The summed E-state index contributed by atoms with van der Waals surface area (Å²) < 4.78 is 5.12. The van der Waals surface area contributed by atoms with E-state index >= 15 is 0 Å². The van der Waals surface area contributed by atoms with Gasteiger partial charge in [-0.1, -0.05) is 35.9 Å². The van der Waals surface area contributed by atoms with E-state index in [9.17, 15) is 0 Å². The fourth-order valence-electron chi connectivity index (χ4n) is 1.69. The van der Waals surface area contributed by atoms with Crippen LogP contribution in [-0.2, 0) is 6.54 Å². The van der Waals surface area contributed by atoms with Crippen molar-refractivity contribution in [2.24, 2.45) is 5.73 Å². The van der Waals surface area contributed by atoms with Crippen LogP contribution in [0.3, 0.4) is 0 Å². The molecule has 2 rings (SSSR count). The molecule has 0 radical (unpaired) electrons. The lowest BCUT2D eigenvalue weighted by Gasteiger charge is -2.07. The van der Waals surface area contributed by atoms with Gasteiger partial charge < -0.3 is 10.5 Å². The topological polar surface area (TPSA) is 35.2 Å². The number of ether oxygens (including phenoxy) is 1. The van der Waals surface area contributed by atoms with E-state index in [1.54, 1.807) is 7.11 Å². The Morgan fingerprint density at radius 3 is 2.35 bits per heavy atom. The number of hydrogen-bond donors (Lipinski definition) is 1. The molecule has 0 spiro atoms. The Balaban J connectivity index is 2.38. The molecule has 2 aromatic carbocycles. The monoisotopic (exact) mass is 247 g/mol. The van der Waals surface area contributed by atoms with Gasteiger partial charge >= 0.3 is 0 Å². The highest BCUT2D eigenvalue weighted by molar-refractivity contribution is 6.33. The summed E-state index contributed by atoms with van der Waals surface area (Å²) in [5.74, 6) is 0.837. The van der Waals surface area contributed by atoms with Crippen molar-refractivity contribution in [2.75, 3.05) is 7.11 Å². The van der Waals surface area contributed by atoms with Gasteiger partial charge in [-0.2, -0.15) is 0 Å². The molecule has 0 fully saturated rings. The van der Waals surface area contributed by atoms with Crippen LogP contribution in [0.15, 0.2) is 42.5 Å². The van der Waals surface area contributed by atoms with Crippen molar-refractivity contribution in [1.29, 1.82) is 0 Å². The Bertz CT molecular complexity index is 508. The van der Waals surface area contributed by atoms with Crippen LogP contribution < -0.4 is 10.5 Å².